The summed E-state index contributed by atoms with van der Waals surface area (Å²) in [6.45, 7) is 4.59. The predicted octanol–water partition coefficient (Wildman–Crippen LogP) is 12.1. The summed E-state index contributed by atoms with van der Waals surface area (Å²) in [6.07, 6.45) is 24.5. The Bertz CT molecular complexity index is 1350. The molecule has 402 valence electrons. The number of rotatable bonds is 50. The van der Waals surface area contributed by atoms with Crippen LogP contribution in [-0.2, 0) is 65.4 Å². The third-order valence-corrected chi connectivity index (χ3v) is 13.0. The Morgan fingerprint density at radius 2 is 0.588 bits per heavy atom. The Labute approximate surface area is 409 Å². The van der Waals surface area contributed by atoms with E-state index in [1.54, 1.807) is 0 Å². The van der Waals surface area contributed by atoms with Gasteiger partial charge in [0.2, 0.25) is 0 Å². The number of hydrogen-bond acceptors (Lipinski definition) is 15. The van der Waals surface area contributed by atoms with Crippen LogP contribution in [0.1, 0.15) is 233 Å². The van der Waals surface area contributed by atoms with Crippen LogP contribution < -0.4 is 0 Å². The van der Waals surface area contributed by atoms with E-state index < -0.39 is 97.5 Å². The maximum atomic E-state index is 12.8. The molecular formula is C49H94O17P2. The van der Waals surface area contributed by atoms with Gasteiger partial charge in [-0.25, -0.2) is 9.13 Å². The van der Waals surface area contributed by atoms with Crippen LogP contribution in [0.2, 0.25) is 0 Å². The van der Waals surface area contributed by atoms with Crippen LogP contribution >= 0.6 is 15.6 Å². The number of unbranched alkanes of at least 4 members (excludes halogenated alkanes) is 24. The number of aliphatic hydroxyl groups excluding tert-OH is 1. The monoisotopic (exact) mass is 1020 g/mol. The van der Waals surface area contributed by atoms with E-state index in [1.807, 2.05) is 0 Å². The molecule has 19 heteroatoms. The highest BCUT2D eigenvalue weighted by atomic mass is 31.2. The van der Waals surface area contributed by atoms with Crippen molar-refractivity contribution < 1.29 is 80.2 Å². The molecule has 0 amide bonds. The minimum absolute atomic E-state index is 0.103. The molecule has 3 N–H and O–H groups in total. The predicted molar refractivity (Wildman–Crippen MR) is 262 cm³/mol. The molecule has 0 aromatic carbocycles. The van der Waals surface area contributed by atoms with Gasteiger partial charge in [0.15, 0.2) is 12.2 Å². The van der Waals surface area contributed by atoms with Crippen molar-refractivity contribution in [2.24, 2.45) is 0 Å². The van der Waals surface area contributed by atoms with Crippen LogP contribution in [0.15, 0.2) is 0 Å². The van der Waals surface area contributed by atoms with Gasteiger partial charge in [-0.1, -0.05) is 182 Å². The summed E-state index contributed by atoms with van der Waals surface area (Å²) in [6, 6.07) is 0. The second-order valence-electron chi connectivity index (χ2n) is 17.8. The summed E-state index contributed by atoms with van der Waals surface area (Å²) < 4.78 is 66.9. The highest BCUT2D eigenvalue weighted by Gasteiger charge is 2.30. The summed E-state index contributed by atoms with van der Waals surface area (Å²) in [5.74, 6) is -2.18. The Hall–Kier alpha value is -1.94. The van der Waals surface area contributed by atoms with Crippen molar-refractivity contribution in [3.63, 3.8) is 0 Å². The number of ether oxygens (including phenoxy) is 4. The number of hydrogen-bond donors (Lipinski definition) is 3. The minimum atomic E-state index is -4.92. The zero-order valence-corrected chi connectivity index (χ0v) is 44.3. The lowest BCUT2D eigenvalue weighted by Crippen LogP contribution is -2.30. The molecule has 0 heterocycles. The second kappa shape index (κ2) is 45.0. The highest BCUT2D eigenvalue weighted by molar-refractivity contribution is 7.47. The van der Waals surface area contributed by atoms with Crippen LogP contribution in [0.25, 0.3) is 0 Å². The lowest BCUT2D eigenvalue weighted by Gasteiger charge is -2.21. The molecule has 17 nitrogen and oxygen atoms in total. The van der Waals surface area contributed by atoms with Crippen molar-refractivity contribution in [1.82, 2.24) is 0 Å². The molecule has 0 spiro atoms. The van der Waals surface area contributed by atoms with Crippen molar-refractivity contribution >= 4 is 39.5 Å². The molecule has 0 aromatic rings. The van der Waals surface area contributed by atoms with Gasteiger partial charge in [-0.3, -0.25) is 37.3 Å². The first-order valence-corrected chi connectivity index (χ1v) is 29.3. The normalized spacial score (nSPS) is 14.6. The molecule has 68 heavy (non-hydrogen) atoms. The first-order valence-electron chi connectivity index (χ1n) is 26.3. The third kappa shape index (κ3) is 44.0. The Kier molecular flexibility index (Phi) is 43.7. The third-order valence-electron chi connectivity index (χ3n) is 11.1. The molecule has 2 unspecified atom stereocenters. The maximum Gasteiger partial charge on any atom is 0.472 e. The number of carbonyl (C=O) groups excluding carboxylic acids is 4. The van der Waals surface area contributed by atoms with E-state index in [9.17, 15) is 43.2 Å². The van der Waals surface area contributed by atoms with Crippen LogP contribution in [0.5, 0.6) is 0 Å². The Balaban J connectivity index is 5.16. The topological polar surface area (TPSA) is 237 Å². The van der Waals surface area contributed by atoms with E-state index in [1.165, 1.54) is 32.1 Å². The van der Waals surface area contributed by atoms with Crippen molar-refractivity contribution in [3.05, 3.63) is 0 Å². The summed E-state index contributed by atoms with van der Waals surface area (Å²) in [5, 5.41) is 10.4. The quantitative estimate of drug-likeness (QED) is 0.0222. The van der Waals surface area contributed by atoms with Crippen molar-refractivity contribution in [3.8, 4) is 0 Å². The number of phosphoric ester groups is 2. The Morgan fingerprint density at radius 3 is 0.868 bits per heavy atom. The van der Waals surface area contributed by atoms with E-state index in [2.05, 4.69) is 27.7 Å². The summed E-state index contributed by atoms with van der Waals surface area (Å²) >= 11 is 0. The van der Waals surface area contributed by atoms with Crippen molar-refractivity contribution in [2.45, 2.75) is 251 Å². The zero-order chi connectivity index (χ0) is 50.6. The van der Waals surface area contributed by atoms with Crippen molar-refractivity contribution in [1.29, 1.82) is 0 Å². The molecule has 0 aromatic heterocycles. The largest absolute Gasteiger partial charge is 0.472 e. The number of esters is 4. The zero-order valence-electron chi connectivity index (χ0n) is 42.6. The molecule has 0 saturated heterocycles. The molecular weight excluding hydrogens is 922 g/mol. The fourth-order valence-electron chi connectivity index (χ4n) is 6.98. The van der Waals surface area contributed by atoms with Crippen LogP contribution in [0.3, 0.4) is 0 Å². The lowest BCUT2D eigenvalue weighted by molar-refractivity contribution is -0.161. The van der Waals surface area contributed by atoms with Crippen LogP contribution in [0.4, 0.5) is 0 Å². The molecule has 0 saturated carbocycles. The van der Waals surface area contributed by atoms with Gasteiger partial charge in [-0.2, -0.15) is 0 Å². The first-order chi connectivity index (χ1) is 32.7. The first kappa shape index (κ1) is 66.1. The van der Waals surface area contributed by atoms with Gasteiger partial charge >= 0.3 is 39.5 Å². The van der Waals surface area contributed by atoms with E-state index in [-0.39, 0.29) is 25.7 Å². The lowest BCUT2D eigenvalue weighted by atomic mass is 10.1. The fraction of sp³-hybridized carbons (Fsp3) is 0.918. The molecule has 0 rings (SSSR count). The van der Waals surface area contributed by atoms with Gasteiger partial charge in [0.25, 0.3) is 0 Å². The SMILES string of the molecule is CCCCCCCCCCC(=O)OC[C@H](COP(=O)(O)OC[C@@H](O)COP(=O)(O)OC[C@@H](COC(=O)CCCCCCC)OC(=O)CCCCCCCCC)OC(=O)CCCCCCCCCC. The molecule has 0 aliphatic heterocycles. The fourth-order valence-corrected chi connectivity index (χ4v) is 8.56. The average Bonchev–Trinajstić information content (AvgIpc) is 3.30. The van der Waals surface area contributed by atoms with Crippen LogP contribution in [-0.4, -0.2) is 96.7 Å². The van der Waals surface area contributed by atoms with E-state index in [0.717, 1.165) is 122 Å². The van der Waals surface area contributed by atoms with E-state index in [4.69, 9.17) is 37.0 Å². The highest BCUT2D eigenvalue weighted by Crippen LogP contribution is 2.45. The van der Waals surface area contributed by atoms with Gasteiger partial charge in [-0.15, -0.1) is 0 Å². The van der Waals surface area contributed by atoms with Crippen LogP contribution in [0, 0.1) is 0 Å². The summed E-state index contributed by atoms with van der Waals surface area (Å²) in [4.78, 5) is 70.9. The van der Waals surface area contributed by atoms with Gasteiger partial charge in [0.1, 0.15) is 19.3 Å². The number of aliphatic hydroxyl groups is 1. The molecule has 0 radical (unpaired) electrons. The Morgan fingerprint density at radius 1 is 0.353 bits per heavy atom. The summed E-state index contributed by atoms with van der Waals surface area (Å²) in [7, 11) is -9.83. The second-order valence-corrected chi connectivity index (χ2v) is 20.8. The van der Waals surface area contributed by atoms with E-state index >= 15 is 0 Å². The molecule has 0 bridgehead atoms. The minimum Gasteiger partial charge on any atom is -0.462 e. The average molecular weight is 1020 g/mol. The molecule has 0 aliphatic carbocycles. The smallest absolute Gasteiger partial charge is 0.462 e. The van der Waals surface area contributed by atoms with Gasteiger partial charge in [-0.05, 0) is 25.7 Å². The van der Waals surface area contributed by atoms with Gasteiger partial charge < -0.3 is 33.8 Å². The number of carbonyl (C=O) groups is 4. The standard InChI is InChI=1S/C49H94O17P2/c1-5-9-13-17-20-23-26-30-34-47(52)60-40-45(66-49(54)36-32-28-24-21-18-14-10-6-2)42-64-68(57,58)62-38-43(50)37-61-67(55,56)63-41-44(39-59-46(51)33-29-25-16-12-8-4)65-48(53)35-31-27-22-19-15-11-7-3/h43-45,50H,5-42H2,1-4H3,(H,55,56)(H,57,58)/t43-,44+,45+/m0/s1. The van der Waals surface area contributed by atoms with E-state index in [0.29, 0.717) is 25.7 Å². The van der Waals surface area contributed by atoms with Crippen molar-refractivity contribution in [2.75, 3.05) is 39.6 Å². The van der Waals surface area contributed by atoms with Gasteiger partial charge in [0, 0.05) is 25.7 Å². The maximum absolute atomic E-state index is 12.8. The molecule has 5 atom stereocenters. The number of phosphoric acid groups is 2. The molecule has 0 aliphatic rings. The summed E-state index contributed by atoms with van der Waals surface area (Å²) in [5.41, 5.74) is 0. The van der Waals surface area contributed by atoms with Gasteiger partial charge in [0.05, 0.1) is 26.4 Å². The molecule has 0 fully saturated rings.